The van der Waals surface area contributed by atoms with Crippen LogP contribution in [-0.2, 0) is 27.9 Å². The molecule has 1 aromatic carbocycles. The third-order valence-electron chi connectivity index (χ3n) is 8.45. The van der Waals surface area contributed by atoms with Crippen LogP contribution in [0, 0.1) is 5.92 Å². The van der Waals surface area contributed by atoms with E-state index < -0.39 is 0 Å². The van der Waals surface area contributed by atoms with E-state index in [4.69, 9.17) is 9.72 Å². The number of ether oxygens (including phenoxy) is 1. The van der Waals surface area contributed by atoms with Crippen molar-refractivity contribution in [1.82, 2.24) is 34.5 Å². The van der Waals surface area contributed by atoms with Crippen molar-refractivity contribution in [3.63, 3.8) is 0 Å². The molecule has 0 saturated carbocycles. The van der Waals surface area contributed by atoms with Gasteiger partial charge in [-0.05, 0) is 62.1 Å². The zero-order valence-electron chi connectivity index (χ0n) is 26.3. The molecule has 6 rings (SSSR count). The molecule has 3 aromatic heterocycles. The minimum Gasteiger partial charge on any atom is -0.381 e. The number of aromatic nitrogens is 5. The maximum atomic E-state index is 13.5. The Bertz CT molecular complexity index is 1730. The number of fused-ring (bicyclic) bond motifs is 2. The van der Waals surface area contributed by atoms with Crippen molar-refractivity contribution in [3.8, 4) is 5.69 Å². The number of nitrogens with zero attached hydrogens (tertiary/aromatic N) is 6. The van der Waals surface area contributed by atoms with Gasteiger partial charge in [0.25, 0.3) is 5.56 Å². The quantitative estimate of drug-likeness (QED) is 0.311. The second kappa shape index (κ2) is 12.1. The molecule has 44 heavy (non-hydrogen) atoms. The number of nitrogens with one attached hydrogen (secondary N) is 2. The van der Waals surface area contributed by atoms with Crippen LogP contribution >= 0.6 is 0 Å². The molecule has 5 heterocycles. The minimum absolute atomic E-state index is 0.00711. The van der Waals surface area contributed by atoms with Gasteiger partial charge in [-0.2, -0.15) is 4.98 Å². The molecule has 11 nitrogen and oxygen atoms in total. The predicted octanol–water partition coefficient (Wildman–Crippen LogP) is 4.11. The van der Waals surface area contributed by atoms with Crippen molar-refractivity contribution in [2.75, 3.05) is 38.2 Å². The highest BCUT2D eigenvalue weighted by Crippen LogP contribution is 2.27. The van der Waals surface area contributed by atoms with E-state index in [0.29, 0.717) is 36.7 Å². The highest BCUT2D eigenvalue weighted by Gasteiger charge is 2.24. The van der Waals surface area contributed by atoms with Crippen LogP contribution in [0.5, 0.6) is 0 Å². The first kappa shape index (κ1) is 30.0. The third kappa shape index (κ3) is 6.11. The fraction of sp³-hybridized carbons (Fsp3) is 0.485. The Morgan fingerprint density at radius 1 is 1.14 bits per heavy atom. The fourth-order valence-corrected chi connectivity index (χ4v) is 5.97. The number of carbonyl (C=O) groups excluding carboxylic acids is 1. The van der Waals surface area contributed by atoms with Crippen LogP contribution in [0.1, 0.15) is 63.9 Å². The van der Waals surface area contributed by atoms with Crippen LogP contribution in [0.2, 0.25) is 0 Å². The summed E-state index contributed by atoms with van der Waals surface area (Å²) in [6, 6.07) is 10.2. The van der Waals surface area contributed by atoms with Crippen LogP contribution in [0.4, 0.5) is 11.6 Å². The van der Waals surface area contributed by atoms with E-state index >= 15 is 0 Å². The number of benzene rings is 1. The molecule has 1 amide bonds. The summed E-state index contributed by atoms with van der Waals surface area (Å²) >= 11 is 0. The van der Waals surface area contributed by atoms with Crippen molar-refractivity contribution in [1.29, 1.82) is 0 Å². The lowest BCUT2D eigenvalue weighted by atomic mass is 9.91. The van der Waals surface area contributed by atoms with Gasteiger partial charge in [0.2, 0.25) is 11.9 Å². The van der Waals surface area contributed by atoms with E-state index in [2.05, 4.69) is 58.4 Å². The molecule has 2 aliphatic heterocycles. The normalized spacial score (nSPS) is 17.3. The number of hydrogen-bond donors (Lipinski definition) is 2. The Balaban J connectivity index is 1.20. The van der Waals surface area contributed by atoms with Gasteiger partial charge < -0.3 is 15.4 Å². The van der Waals surface area contributed by atoms with Gasteiger partial charge >= 0.3 is 0 Å². The van der Waals surface area contributed by atoms with Crippen LogP contribution in [-0.4, -0.2) is 68.0 Å². The van der Waals surface area contributed by atoms with Gasteiger partial charge in [-0.1, -0.05) is 26.8 Å². The molecule has 1 fully saturated rings. The maximum Gasteiger partial charge on any atom is 0.278 e. The molecule has 1 atom stereocenters. The van der Waals surface area contributed by atoms with Crippen molar-refractivity contribution < 1.29 is 9.53 Å². The summed E-state index contributed by atoms with van der Waals surface area (Å²) in [6.07, 6.45) is 5.13. The smallest absolute Gasteiger partial charge is 0.278 e. The molecular weight excluding hydrogens is 556 g/mol. The molecule has 0 bridgehead atoms. The highest BCUT2D eigenvalue weighted by molar-refractivity contribution is 5.79. The summed E-state index contributed by atoms with van der Waals surface area (Å²) < 4.78 is 8.94. The first-order chi connectivity index (χ1) is 21.1. The van der Waals surface area contributed by atoms with Crippen LogP contribution < -0.4 is 16.2 Å². The maximum absolute atomic E-state index is 13.5. The summed E-state index contributed by atoms with van der Waals surface area (Å²) in [5.41, 5.74) is 5.52. The van der Waals surface area contributed by atoms with E-state index in [1.807, 2.05) is 36.7 Å². The number of rotatable bonds is 8. The van der Waals surface area contributed by atoms with Gasteiger partial charge in [0.05, 0.1) is 18.2 Å². The van der Waals surface area contributed by atoms with Gasteiger partial charge in [0.1, 0.15) is 5.39 Å². The average molecular weight is 599 g/mol. The SMILES string of the molecule is CC(C)n1c(=O)c2cnc(Nc3ccc4c(c3)CCN(CCNC(=O)C3CCOC3)C4)nc2n1-c1ccnc(C(C)(C)C)c1. The molecule has 11 heteroatoms. The largest absolute Gasteiger partial charge is 0.381 e. The van der Waals surface area contributed by atoms with Crippen LogP contribution in [0.25, 0.3) is 16.7 Å². The highest BCUT2D eigenvalue weighted by atomic mass is 16.5. The lowest BCUT2D eigenvalue weighted by molar-refractivity contribution is -0.125. The first-order valence-corrected chi connectivity index (χ1v) is 15.5. The number of amides is 1. The summed E-state index contributed by atoms with van der Waals surface area (Å²) in [4.78, 5) is 42.1. The zero-order valence-corrected chi connectivity index (χ0v) is 26.3. The molecule has 1 saturated heterocycles. The molecule has 0 spiro atoms. The molecule has 2 aliphatic rings. The molecular formula is C33H42N8O3. The number of anilines is 2. The minimum atomic E-state index is -0.145. The lowest BCUT2D eigenvalue weighted by Crippen LogP contribution is -2.39. The van der Waals surface area contributed by atoms with Gasteiger partial charge in [-0.15, -0.1) is 0 Å². The summed E-state index contributed by atoms with van der Waals surface area (Å²) in [5, 5.41) is 6.91. The summed E-state index contributed by atoms with van der Waals surface area (Å²) in [6.45, 7) is 14.8. The molecule has 0 aliphatic carbocycles. The molecule has 4 aromatic rings. The summed E-state index contributed by atoms with van der Waals surface area (Å²) in [7, 11) is 0. The molecule has 0 radical (unpaired) electrons. The first-order valence-electron chi connectivity index (χ1n) is 15.5. The number of carbonyl (C=O) groups is 1. The van der Waals surface area contributed by atoms with Gasteiger partial charge in [0, 0.05) is 68.0 Å². The van der Waals surface area contributed by atoms with E-state index in [-0.39, 0.29) is 28.8 Å². The Hall–Kier alpha value is -4.09. The molecule has 2 N–H and O–H groups in total. The third-order valence-corrected chi connectivity index (χ3v) is 8.45. The Labute approximate surface area is 257 Å². The van der Waals surface area contributed by atoms with Gasteiger partial charge in [0.15, 0.2) is 5.65 Å². The van der Waals surface area contributed by atoms with Gasteiger partial charge in [-0.3, -0.25) is 19.5 Å². The number of pyridine rings is 1. The van der Waals surface area contributed by atoms with E-state index in [9.17, 15) is 9.59 Å². The Kier molecular flexibility index (Phi) is 8.26. The zero-order chi connectivity index (χ0) is 31.0. The van der Waals surface area contributed by atoms with Crippen LogP contribution in [0.15, 0.2) is 47.5 Å². The topological polar surface area (TPSA) is 119 Å². The number of hydrogen-bond acceptors (Lipinski definition) is 8. The van der Waals surface area contributed by atoms with E-state index in [1.54, 1.807) is 17.1 Å². The Morgan fingerprint density at radius 3 is 2.73 bits per heavy atom. The lowest BCUT2D eigenvalue weighted by Gasteiger charge is -2.29. The van der Waals surface area contributed by atoms with E-state index in [0.717, 1.165) is 49.5 Å². The van der Waals surface area contributed by atoms with Crippen molar-refractivity contribution in [3.05, 3.63) is 69.9 Å². The standard InChI is InChI=1S/C33H42N8O3/c1-21(2)40-31(43)27-18-36-32(38-29(27)41(40)26-8-11-34-28(17-26)33(3,4)5)37-25-7-6-23-19-39(13-9-22(23)16-25)14-12-35-30(42)24-10-15-44-20-24/h6-8,11,16-18,21,24H,9-10,12-15,19-20H2,1-5H3,(H,35,42)(H,36,37,38). The Morgan fingerprint density at radius 2 is 1.98 bits per heavy atom. The van der Waals surface area contributed by atoms with Crippen LogP contribution in [0.3, 0.4) is 0 Å². The van der Waals surface area contributed by atoms with Crippen molar-refractivity contribution in [2.45, 2.75) is 65.5 Å². The van der Waals surface area contributed by atoms with Crippen molar-refractivity contribution >= 4 is 28.6 Å². The molecule has 232 valence electrons. The monoisotopic (exact) mass is 598 g/mol. The second-order valence-electron chi connectivity index (χ2n) is 13.1. The molecule has 1 unspecified atom stereocenters. The van der Waals surface area contributed by atoms with E-state index in [1.165, 1.54) is 11.1 Å². The van der Waals surface area contributed by atoms with Crippen molar-refractivity contribution in [2.24, 2.45) is 5.92 Å². The fourth-order valence-electron chi connectivity index (χ4n) is 5.97. The van der Waals surface area contributed by atoms with Gasteiger partial charge in [-0.25, -0.2) is 14.3 Å². The predicted molar refractivity (Wildman–Crippen MR) is 171 cm³/mol. The second-order valence-corrected chi connectivity index (χ2v) is 13.1. The summed E-state index contributed by atoms with van der Waals surface area (Å²) in [5.74, 6) is 0.523. The average Bonchev–Trinajstić information content (AvgIpc) is 3.64.